The smallest absolute Gasteiger partial charge is 0.227 e. The van der Waals surface area contributed by atoms with Gasteiger partial charge in [-0.2, -0.15) is 0 Å². The Bertz CT molecular complexity index is 325. The fourth-order valence-electron chi connectivity index (χ4n) is 3.08. The Labute approximate surface area is 110 Å². The Balaban J connectivity index is 1.93. The van der Waals surface area contributed by atoms with Crippen molar-refractivity contribution in [2.75, 3.05) is 19.8 Å². The molecule has 0 bridgehead atoms. The van der Waals surface area contributed by atoms with E-state index in [1.54, 1.807) is 0 Å². The molecule has 0 spiro atoms. The first-order valence-corrected chi connectivity index (χ1v) is 6.94. The number of ether oxygens (including phenoxy) is 1. The van der Waals surface area contributed by atoms with Gasteiger partial charge in [-0.25, -0.2) is 0 Å². The maximum Gasteiger partial charge on any atom is 0.227 e. The highest BCUT2D eigenvalue weighted by Crippen LogP contribution is 2.62. The third kappa shape index (κ3) is 2.05. The van der Waals surface area contributed by atoms with Gasteiger partial charge in [0.25, 0.3) is 0 Å². The van der Waals surface area contributed by atoms with Crippen molar-refractivity contribution in [1.29, 1.82) is 0 Å². The lowest BCUT2D eigenvalue weighted by molar-refractivity contribution is -0.125. The molecule has 4 nitrogen and oxygen atoms in total. The molecule has 2 rings (SSSR count). The summed E-state index contributed by atoms with van der Waals surface area (Å²) in [7, 11) is 0. The lowest BCUT2D eigenvalue weighted by atomic mass is 10.0. The molecule has 2 N–H and O–H groups in total. The molecule has 2 aliphatic rings. The standard InChI is InChI=1S/C14H26N2O2/c1-6-15-10-8-18-7-9(10)11(17)16-12-13(2,3)14(12,4)5/h9-10,12,15H,6-8H2,1-5H3,(H,16,17). The van der Waals surface area contributed by atoms with Crippen LogP contribution in [0.5, 0.6) is 0 Å². The molecule has 1 saturated carbocycles. The van der Waals surface area contributed by atoms with Crippen LogP contribution in [0.25, 0.3) is 0 Å². The van der Waals surface area contributed by atoms with Gasteiger partial charge in [0.1, 0.15) is 0 Å². The SMILES string of the molecule is CCNC1COCC1C(=O)NC1C(C)(C)C1(C)C. The van der Waals surface area contributed by atoms with E-state index in [9.17, 15) is 4.79 Å². The Morgan fingerprint density at radius 2 is 1.83 bits per heavy atom. The quantitative estimate of drug-likeness (QED) is 0.791. The largest absolute Gasteiger partial charge is 0.379 e. The molecule has 1 aliphatic heterocycles. The molecule has 0 aromatic rings. The fourth-order valence-corrected chi connectivity index (χ4v) is 3.08. The third-order valence-electron chi connectivity index (χ3n) is 5.19. The van der Waals surface area contributed by atoms with E-state index < -0.39 is 0 Å². The van der Waals surface area contributed by atoms with Gasteiger partial charge in [-0.05, 0) is 17.4 Å². The molecule has 0 aromatic heterocycles. The molecular formula is C14H26N2O2. The monoisotopic (exact) mass is 254 g/mol. The second kappa shape index (κ2) is 4.49. The van der Waals surface area contributed by atoms with E-state index in [4.69, 9.17) is 4.74 Å². The zero-order chi connectivity index (χ0) is 13.6. The van der Waals surface area contributed by atoms with Crippen molar-refractivity contribution in [1.82, 2.24) is 10.6 Å². The van der Waals surface area contributed by atoms with E-state index in [0.717, 1.165) is 6.54 Å². The molecule has 2 atom stereocenters. The summed E-state index contributed by atoms with van der Waals surface area (Å²) in [5, 5.41) is 6.53. The zero-order valence-corrected chi connectivity index (χ0v) is 12.2. The Hall–Kier alpha value is -0.610. The molecule has 1 saturated heterocycles. The van der Waals surface area contributed by atoms with Crippen LogP contribution in [0.15, 0.2) is 0 Å². The molecule has 1 amide bonds. The normalized spacial score (nSPS) is 33.4. The molecule has 2 unspecified atom stereocenters. The van der Waals surface area contributed by atoms with Crippen LogP contribution >= 0.6 is 0 Å². The summed E-state index contributed by atoms with van der Waals surface area (Å²) in [5.41, 5.74) is 0.381. The second-order valence-corrected chi connectivity index (χ2v) is 6.69. The van der Waals surface area contributed by atoms with Crippen LogP contribution in [-0.4, -0.2) is 37.7 Å². The van der Waals surface area contributed by atoms with Gasteiger partial charge in [-0.15, -0.1) is 0 Å². The number of nitrogens with one attached hydrogen (secondary N) is 2. The average molecular weight is 254 g/mol. The average Bonchev–Trinajstić information content (AvgIpc) is 2.69. The van der Waals surface area contributed by atoms with Crippen LogP contribution in [0.4, 0.5) is 0 Å². The Morgan fingerprint density at radius 1 is 1.22 bits per heavy atom. The van der Waals surface area contributed by atoms with Crippen LogP contribution in [0.1, 0.15) is 34.6 Å². The summed E-state index contributed by atoms with van der Waals surface area (Å²) in [6.45, 7) is 13.0. The predicted molar refractivity (Wildman–Crippen MR) is 71.3 cm³/mol. The summed E-state index contributed by atoms with van der Waals surface area (Å²) >= 11 is 0. The third-order valence-corrected chi connectivity index (χ3v) is 5.19. The number of hydrogen-bond acceptors (Lipinski definition) is 3. The van der Waals surface area contributed by atoms with Crippen molar-refractivity contribution in [2.45, 2.75) is 46.7 Å². The van der Waals surface area contributed by atoms with E-state index in [1.165, 1.54) is 0 Å². The number of likely N-dealkylation sites (N-methyl/N-ethyl adjacent to an activating group) is 1. The van der Waals surface area contributed by atoms with Crippen molar-refractivity contribution < 1.29 is 9.53 Å². The van der Waals surface area contributed by atoms with Crippen molar-refractivity contribution in [3.63, 3.8) is 0 Å². The van der Waals surface area contributed by atoms with Gasteiger partial charge in [-0.1, -0.05) is 34.6 Å². The number of rotatable bonds is 4. The number of amides is 1. The Morgan fingerprint density at radius 3 is 2.33 bits per heavy atom. The number of hydrogen-bond donors (Lipinski definition) is 2. The van der Waals surface area contributed by atoms with E-state index in [1.807, 2.05) is 0 Å². The van der Waals surface area contributed by atoms with Crippen LogP contribution < -0.4 is 10.6 Å². The maximum absolute atomic E-state index is 12.3. The summed E-state index contributed by atoms with van der Waals surface area (Å²) < 4.78 is 5.43. The van der Waals surface area contributed by atoms with Crippen molar-refractivity contribution in [2.24, 2.45) is 16.7 Å². The fraction of sp³-hybridized carbons (Fsp3) is 0.929. The van der Waals surface area contributed by atoms with Crippen LogP contribution in [-0.2, 0) is 9.53 Å². The van der Waals surface area contributed by atoms with E-state index in [0.29, 0.717) is 13.2 Å². The minimum Gasteiger partial charge on any atom is -0.379 e. The Kier molecular flexibility index (Phi) is 3.45. The zero-order valence-electron chi connectivity index (χ0n) is 12.2. The topological polar surface area (TPSA) is 50.4 Å². The van der Waals surface area contributed by atoms with E-state index >= 15 is 0 Å². The van der Waals surface area contributed by atoms with Crippen LogP contribution in [0.3, 0.4) is 0 Å². The minimum atomic E-state index is -0.0443. The maximum atomic E-state index is 12.3. The molecular weight excluding hydrogens is 228 g/mol. The summed E-state index contributed by atoms with van der Waals surface area (Å²) in [5.74, 6) is 0.0965. The van der Waals surface area contributed by atoms with Crippen LogP contribution in [0.2, 0.25) is 0 Å². The van der Waals surface area contributed by atoms with E-state index in [2.05, 4.69) is 45.3 Å². The molecule has 4 heteroatoms. The van der Waals surface area contributed by atoms with Crippen LogP contribution in [0, 0.1) is 16.7 Å². The molecule has 2 fully saturated rings. The van der Waals surface area contributed by atoms with Gasteiger partial charge in [0.15, 0.2) is 0 Å². The number of carbonyl (C=O) groups excluding carboxylic acids is 1. The molecule has 18 heavy (non-hydrogen) atoms. The van der Waals surface area contributed by atoms with Crippen molar-refractivity contribution in [3.8, 4) is 0 Å². The van der Waals surface area contributed by atoms with Gasteiger partial charge in [0.2, 0.25) is 5.91 Å². The molecule has 0 radical (unpaired) electrons. The van der Waals surface area contributed by atoms with Gasteiger partial charge in [-0.3, -0.25) is 4.79 Å². The predicted octanol–water partition coefficient (Wildman–Crippen LogP) is 1.16. The first-order chi connectivity index (χ1) is 8.32. The van der Waals surface area contributed by atoms with Crippen molar-refractivity contribution in [3.05, 3.63) is 0 Å². The lowest BCUT2D eigenvalue weighted by Crippen LogP contribution is -2.45. The first kappa shape index (κ1) is 13.8. The summed E-state index contributed by atoms with van der Waals surface area (Å²) in [6.07, 6.45) is 0. The first-order valence-electron chi connectivity index (χ1n) is 6.94. The van der Waals surface area contributed by atoms with Gasteiger partial charge >= 0.3 is 0 Å². The molecule has 0 aromatic carbocycles. The van der Waals surface area contributed by atoms with Gasteiger partial charge in [0.05, 0.1) is 19.1 Å². The summed E-state index contributed by atoms with van der Waals surface area (Å²) in [6, 6.07) is 0.445. The van der Waals surface area contributed by atoms with Gasteiger partial charge in [0, 0.05) is 12.1 Å². The molecule has 1 aliphatic carbocycles. The highest BCUT2D eigenvalue weighted by Gasteiger charge is 2.65. The summed E-state index contributed by atoms with van der Waals surface area (Å²) in [4.78, 5) is 12.3. The van der Waals surface area contributed by atoms with E-state index in [-0.39, 0.29) is 34.7 Å². The highest BCUT2D eigenvalue weighted by molar-refractivity contribution is 5.81. The van der Waals surface area contributed by atoms with Crippen molar-refractivity contribution >= 4 is 5.91 Å². The lowest BCUT2D eigenvalue weighted by Gasteiger charge is -2.18. The highest BCUT2D eigenvalue weighted by atomic mass is 16.5. The second-order valence-electron chi connectivity index (χ2n) is 6.69. The molecule has 1 heterocycles. The minimum absolute atomic E-state index is 0.0443. The van der Waals surface area contributed by atoms with Gasteiger partial charge < -0.3 is 15.4 Å². The number of carbonyl (C=O) groups is 1. The molecule has 104 valence electrons.